The fourth-order valence-corrected chi connectivity index (χ4v) is 1.63. The Morgan fingerprint density at radius 1 is 1.54 bits per heavy atom. The zero-order chi connectivity index (χ0) is 10.3. The van der Waals surface area contributed by atoms with Crippen molar-refractivity contribution in [2.75, 3.05) is 18.6 Å². The number of carbonyl (C=O) groups is 1. The molecule has 0 saturated heterocycles. The minimum absolute atomic E-state index is 0.0706. The van der Waals surface area contributed by atoms with Crippen LogP contribution in [-0.4, -0.2) is 33.0 Å². The first-order chi connectivity index (χ1) is 6.02. The van der Waals surface area contributed by atoms with Gasteiger partial charge in [-0.2, -0.15) is 5.26 Å². The summed E-state index contributed by atoms with van der Waals surface area (Å²) in [7, 11) is -2.06. The SMILES string of the molecule is COC(=O)CCCS(=O)(=O)CC#N. The van der Waals surface area contributed by atoms with E-state index in [-0.39, 0.29) is 18.6 Å². The maximum Gasteiger partial charge on any atom is 0.305 e. The van der Waals surface area contributed by atoms with Crippen LogP contribution in [0.3, 0.4) is 0 Å². The average molecular weight is 205 g/mol. The molecular weight excluding hydrogens is 194 g/mol. The Hall–Kier alpha value is -1.09. The number of esters is 1. The van der Waals surface area contributed by atoms with Crippen LogP contribution in [0.2, 0.25) is 0 Å². The van der Waals surface area contributed by atoms with Gasteiger partial charge in [-0.05, 0) is 6.42 Å². The van der Waals surface area contributed by atoms with Crippen LogP contribution >= 0.6 is 0 Å². The van der Waals surface area contributed by atoms with E-state index in [0.717, 1.165) is 0 Å². The molecule has 0 aliphatic heterocycles. The van der Waals surface area contributed by atoms with E-state index in [4.69, 9.17) is 5.26 Å². The van der Waals surface area contributed by atoms with Gasteiger partial charge in [0.15, 0.2) is 9.84 Å². The molecule has 74 valence electrons. The molecule has 6 heteroatoms. The molecule has 0 aromatic carbocycles. The third-order valence-electron chi connectivity index (χ3n) is 1.35. The zero-order valence-corrected chi connectivity index (χ0v) is 8.13. The molecule has 0 aliphatic carbocycles. The normalized spacial score (nSPS) is 10.5. The molecule has 0 N–H and O–H groups in total. The first-order valence-electron chi connectivity index (χ1n) is 3.66. The molecule has 0 aromatic rings. The number of hydrogen-bond donors (Lipinski definition) is 0. The summed E-state index contributed by atoms with van der Waals surface area (Å²) < 4.78 is 26.2. The highest BCUT2D eigenvalue weighted by Gasteiger charge is 2.10. The van der Waals surface area contributed by atoms with Gasteiger partial charge < -0.3 is 4.74 Å². The highest BCUT2D eigenvalue weighted by atomic mass is 32.2. The van der Waals surface area contributed by atoms with Gasteiger partial charge in [-0.15, -0.1) is 0 Å². The van der Waals surface area contributed by atoms with Crippen LogP contribution in [0, 0.1) is 11.3 Å². The van der Waals surface area contributed by atoms with Gasteiger partial charge in [0.25, 0.3) is 0 Å². The standard InChI is InChI=1S/C7H11NO4S/c1-12-7(9)3-2-5-13(10,11)6-4-8/h2-3,5-6H2,1H3. The van der Waals surface area contributed by atoms with E-state index in [2.05, 4.69) is 4.74 Å². The lowest BCUT2D eigenvalue weighted by Crippen LogP contribution is -2.11. The van der Waals surface area contributed by atoms with Crippen molar-refractivity contribution < 1.29 is 17.9 Å². The smallest absolute Gasteiger partial charge is 0.305 e. The van der Waals surface area contributed by atoms with Gasteiger partial charge in [0.1, 0.15) is 5.75 Å². The van der Waals surface area contributed by atoms with E-state index in [1.54, 1.807) is 6.07 Å². The van der Waals surface area contributed by atoms with Gasteiger partial charge in [0.2, 0.25) is 0 Å². The average Bonchev–Trinajstić information content (AvgIpc) is 2.03. The zero-order valence-electron chi connectivity index (χ0n) is 7.32. The fraction of sp³-hybridized carbons (Fsp3) is 0.714. The molecule has 0 fully saturated rings. The lowest BCUT2D eigenvalue weighted by atomic mass is 10.3. The predicted octanol–water partition coefficient (Wildman–Crippen LogP) is -0.122. The third-order valence-corrected chi connectivity index (χ3v) is 2.83. The van der Waals surface area contributed by atoms with E-state index in [1.807, 2.05) is 0 Å². The summed E-state index contributed by atoms with van der Waals surface area (Å²) >= 11 is 0. The molecule has 0 atom stereocenters. The Bertz CT molecular complexity index is 301. The summed E-state index contributed by atoms with van der Waals surface area (Å²) in [6.45, 7) is 0. The highest BCUT2D eigenvalue weighted by molar-refractivity contribution is 7.91. The molecule has 5 nitrogen and oxygen atoms in total. The van der Waals surface area contributed by atoms with Gasteiger partial charge >= 0.3 is 5.97 Å². The number of hydrogen-bond acceptors (Lipinski definition) is 5. The first-order valence-corrected chi connectivity index (χ1v) is 5.48. The largest absolute Gasteiger partial charge is 0.469 e. The van der Waals surface area contributed by atoms with E-state index in [9.17, 15) is 13.2 Å². The van der Waals surface area contributed by atoms with Crippen LogP contribution in [-0.2, 0) is 19.4 Å². The van der Waals surface area contributed by atoms with Gasteiger partial charge in [0.05, 0.1) is 18.9 Å². The van der Waals surface area contributed by atoms with Crippen molar-refractivity contribution in [1.82, 2.24) is 0 Å². The second-order valence-electron chi connectivity index (χ2n) is 2.43. The predicted molar refractivity (Wildman–Crippen MR) is 45.5 cm³/mol. The summed E-state index contributed by atoms with van der Waals surface area (Å²) in [6.07, 6.45) is 0.276. The van der Waals surface area contributed by atoms with Crippen LogP contribution < -0.4 is 0 Å². The molecule has 0 unspecified atom stereocenters. The minimum Gasteiger partial charge on any atom is -0.469 e. The monoisotopic (exact) mass is 205 g/mol. The highest BCUT2D eigenvalue weighted by Crippen LogP contribution is 1.98. The van der Waals surface area contributed by atoms with Crippen molar-refractivity contribution in [2.24, 2.45) is 0 Å². The van der Waals surface area contributed by atoms with Gasteiger partial charge in [-0.3, -0.25) is 4.79 Å². The maximum absolute atomic E-state index is 10.9. The maximum atomic E-state index is 10.9. The van der Waals surface area contributed by atoms with Gasteiger partial charge in [-0.25, -0.2) is 8.42 Å². The summed E-state index contributed by atoms with van der Waals surface area (Å²) in [5, 5.41) is 8.14. The third kappa shape index (κ3) is 6.11. The summed E-state index contributed by atoms with van der Waals surface area (Å²) in [5.41, 5.74) is 0. The Labute approximate surface area is 77.2 Å². The van der Waals surface area contributed by atoms with E-state index >= 15 is 0 Å². The molecule has 13 heavy (non-hydrogen) atoms. The topological polar surface area (TPSA) is 84.2 Å². The molecule has 0 spiro atoms. The van der Waals surface area contributed by atoms with E-state index < -0.39 is 21.6 Å². The molecule has 0 amide bonds. The Kier molecular flexibility index (Phi) is 5.07. The molecule has 0 bridgehead atoms. The lowest BCUT2D eigenvalue weighted by molar-refractivity contribution is -0.140. The van der Waals surface area contributed by atoms with Crippen LogP contribution in [0.1, 0.15) is 12.8 Å². The van der Waals surface area contributed by atoms with Crippen LogP contribution in [0.25, 0.3) is 0 Å². The van der Waals surface area contributed by atoms with Gasteiger partial charge in [0, 0.05) is 6.42 Å². The van der Waals surface area contributed by atoms with E-state index in [0.29, 0.717) is 0 Å². The van der Waals surface area contributed by atoms with Gasteiger partial charge in [-0.1, -0.05) is 0 Å². The molecule has 0 heterocycles. The quantitative estimate of drug-likeness (QED) is 0.584. The van der Waals surface area contributed by atoms with Crippen LogP contribution in [0.4, 0.5) is 0 Å². The Morgan fingerprint density at radius 3 is 2.62 bits per heavy atom. The minimum atomic E-state index is -3.30. The Balaban J connectivity index is 3.78. The molecule has 0 aliphatic rings. The van der Waals surface area contributed by atoms with Crippen LogP contribution in [0.15, 0.2) is 0 Å². The summed E-state index contributed by atoms with van der Waals surface area (Å²) in [6, 6.07) is 1.56. The van der Waals surface area contributed by atoms with Crippen molar-refractivity contribution in [3.8, 4) is 6.07 Å². The number of nitriles is 1. The molecule has 0 saturated carbocycles. The molecule has 0 radical (unpaired) electrons. The molecule has 0 aromatic heterocycles. The number of carbonyl (C=O) groups excluding carboxylic acids is 1. The number of ether oxygens (including phenoxy) is 1. The van der Waals surface area contributed by atoms with E-state index in [1.165, 1.54) is 7.11 Å². The van der Waals surface area contributed by atoms with Crippen molar-refractivity contribution in [1.29, 1.82) is 5.26 Å². The Morgan fingerprint density at radius 2 is 2.15 bits per heavy atom. The number of sulfone groups is 1. The molecule has 0 rings (SSSR count). The second kappa shape index (κ2) is 5.54. The lowest BCUT2D eigenvalue weighted by Gasteiger charge is -1.98. The van der Waals surface area contributed by atoms with Crippen molar-refractivity contribution >= 4 is 15.8 Å². The first kappa shape index (κ1) is 11.9. The number of rotatable bonds is 5. The van der Waals surface area contributed by atoms with Crippen molar-refractivity contribution in [3.63, 3.8) is 0 Å². The van der Waals surface area contributed by atoms with Crippen molar-refractivity contribution in [2.45, 2.75) is 12.8 Å². The fourth-order valence-electron chi connectivity index (χ4n) is 0.709. The number of methoxy groups -OCH3 is 1. The summed E-state index contributed by atoms with van der Waals surface area (Å²) in [5.74, 6) is -1.07. The molecular formula is C7H11NO4S. The second-order valence-corrected chi connectivity index (χ2v) is 4.61. The summed E-state index contributed by atoms with van der Waals surface area (Å²) in [4.78, 5) is 10.6. The number of nitrogens with zero attached hydrogens (tertiary/aromatic N) is 1. The van der Waals surface area contributed by atoms with Crippen LogP contribution in [0.5, 0.6) is 0 Å². The van der Waals surface area contributed by atoms with Crippen molar-refractivity contribution in [3.05, 3.63) is 0 Å².